The average molecular weight is 331 g/mol. The molecule has 0 aliphatic heterocycles. The summed E-state index contributed by atoms with van der Waals surface area (Å²) < 4.78 is 3.14. The van der Waals surface area contributed by atoms with Gasteiger partial charge in [0, 0.05) is 0 Å². The molecule has 0 aliphatic rings. The molecule has 2 heteroatoms. The van der Waals surface area contributed by atoms with Gasteiger partial charge in [0.25, 0.3) is 0 Å². The SMILES string of the molecule is C[Si](C)(C)/C(=C\c1ccccc1)[Se]c1ccccc1. The van der Waals surface area contributed by atoms with E-state index in [-0.39, 0.29) is 0 Å². The van der Waals surface area contributed by atoms with Crippen LogP contribution in [0.25, 0.3) is 6.08 Å². The molecule has 0 nitrogen and oxygen atoms in total. The Morgan fingerprint density at radius 1 is 0.842 bits per heavy atom. The molecule has 0 aliphatic carbocycles. The molecule has 0 saturated heterocycles. The Labute approximate surface area is 123 Å². The number of hydrogen-bond acceptors (Lipinski definition) is 0. The van der Waals surface area contributed by atoms with Crippen LogP contribution in [0.3, 0.4) is 0 Å². The molecular weight excluding hydrogens is 311 g/mol. The van der Waals surface area contributed by atoms with Crippen LogP contribution in [0.2, 0.25) is 19.6 Å². The zero-order valence-electron chi connectivity index (χ0n) is 11.8. The summed E-state index contributed by atoms with van der Waals surface area (Å²) in [6.45, 7) is 7.31. The quantitative estimate of drug-likeness (QED) is 0.745. The van der Waals surface area contributed by atoms with Gasteiger partial charge in [-0.2, -0.15) is 0 Å². The van der Waals surface area contributed by atoms with Gasteiger partial charge in [0.05, 0.1) is 0 Å². The third-order valence-electron chi connectivity index (χ3n) is 2.81. The number of rotatable bonds is 4. The fraction of sp³-hybridized carbons (Fsp3) is 0.176. The first-order valence-electron chi connectivity index (χ1n) is 6.56. The van der Waals surface area contributed by atoms with Crippen molar-refractivity contribution in [2.45, 2.75) is 19.6 Å². The molecule has 0 radical (unpaired) electrons. The Bertz CT molecular complexity index is 538. The van der Waals surface area contributed by atoms with E-state index in [1.165, 1.54) is 10.0 Å². The van der Waals surface area contributed by atoms with Gasteiger partial charge in [-0.1, -0.05) is 0 Å². The Kier molecular flexibility index (Phi) is 4.81. The molecule has 0 saturated carbocycles. The summed E-state index contributed by atoms with van der Waals surface area (Å²) in [6, 6.07) is 21.6. The van der Waals surface area contributed by atoms with E-state index in [1.807, 2.05) is 0 Å². The van der Waals surface area contributed by atoms with E-state index in [9.17, 15) is 0 Å². The van der Waals surface area contributed by atoms with E-state index in [1.54, 1.807) is 4.09 Å². The van der Waals surface area contributed by atoms with E-state index >= 15 is 0 Å². The van der Waals surface area contributed by atoms with E-state index in [2.05, 4.69) is 86.4 Å². The first-order valence-corrected chi connectivity index (χ1v) is 11.8. The Balaban J connectivity index is 2.30. The van der Waals surface area contributed by atoms with Crippen LogP contribution >= 0.6 is 0 Å². The second-order valence-corrected chi connectivity index (χ2v) is 13.8. The summed E-state index contributed by atoms with van der Waals surface area (Å²) in [5.41, 5.74) is 1.33. The summed E-state index contributed by atoms with van der Waals surface area (Å²) in [7, 11) is -1.26. The van der Waals surface area contributed by atoms with Gasteiger partial charge in [0.1, 0.15) is 0 Å². The van der Waals surface area contributed by atoms with Gasteiger partial charge < -0.3 is 0 Å². The van der Waals surface area contributed by atoms with Crippen molar-refractivity contribution in [3.05, 3.63) is 70.3 Å². The maximum atomic E-state index is 2.44. The molecule has 0 spiro atoms. The molecule has 2 rings (SSSR count). The molecule has 0 fully saturated rings. The van der Waals surface area contributed by atoms with Crippen LogP contribution in [0.5, 0.6) is 0 Å². The minimum absolute atomic E-state index is 0.446. The average Bonchev–Trinajstić information content (AvgIpc) is 2.39. The van der Waals surface area contributed by atoms with Crippen LogP contribution in [-0.2, 0) is 0 Å². The molecule has 0 unspecified atom stereocenters. The Morgan fingerprint density at radius 2 is 1.37 bits per heavy atom. The van der Waals surface area contributed by atoms with Crippen molar-refractivity contribution >= 4 is 33.6 Å². The van der Waals surface area contributed by atoms with Crippen LogP contribution < -0.4 is 4.46 Å². The molecule has 19 heavy (non-hydrogen) atoms. The van der Waals surface area contributed by atoms with E-state index in [0.717, 1.165) is 0 Å². The van der Waals surface area contributed by atoms with Crippen LogP contribution in [0.4, 0.5) is 0 Å². The van der Waals surface area contributed by atoms with Crippen LogP contribution in [-0.4, -0.2) is 23.0 Å². The van der Waals surface area contributed by atoms with Gasteiger partial charge in [0.2, 0.25) is 0 Å². The third kappa shape index (κ3) is 4.50. The van der Waals surface area contributed by atoms with E-state index in [4.69, 9.17) is 0 Å². The molecule has 0 bridgehead atoms. The Hall–Kier alpha value is -1.08. The summed E-state index contributed by atoms with van der Waals surface area (Å²) in [6.07, 6.45) is 2.42. The van der Waals surface area contributed by atoms with Crippen molar-refractivity contribution in [1.29, 1.82) is 0 Å². The van der Waals surface area contributed by atoms with Gasteiger partial charge in [-0.25, -0.2) is 0 Å². The van der Waals surface area contributed by atoms with Gasteiger partial charge in [-0.05, 0) is 0 Å². The molecule has 0 atom stereocenters. The normalized spacial score (nSPS) is 12.5. The molecule has 98 valence electrons. The number of benzene rings is 2. The van der Waals surface area contributed by atoms with Crippen molar-refractivity contribution in [2.24, 2.45) is 0 Å². The zero-order valence-corrected chi connectivity index (χ0v) is 14.5. The number of hydrogen-bond donors (Lipinski definition) is 0. The minimum atomic E-state index is -1.26. The van der Waals surface area contributed by atoms with Crippen molar-refractivity contribution in [2.75, 3.05) is 0 Å². The van der Waals surface area contributed by atoms with Gasteiger partial charge in [0.15, 0.2) is 0 Å². The predicted octanol–water partition coefficient (Wildman–Crippen LogP) is 3.93. The van der Waals surface area contributed by atoms with Gasteiger partial charge in [-0.15, -0.1) is 0 Å². The van der Waals surface area contributed by atoms with Gasteiger partial charge in [-0.3, -0.25) is 0 Å². The van der Waals surface area contributed by atoms with Crippen molar-refractivity contribution in [1.82, 2.24) is 0 Å². The van der Waals surface area contributed by atoms with Crippen molar-refractivity contribution < 1.29 is 0 Å². The molecule has 0 heterocycles. The molecule has 0 amide bonds. The second-order valence-electron chi connectivity index (χ2n) is 5.58. The molecule has 2 aromatic rings. The summed E-state index contributed by atoms with van der Waals surface area (Å²) in [4.78, 5) is 0. The molecule has 0 aromatic heterocycles. The van der Waals surface area contributed by atoms with Crippen LogP contribution in [0, 0.1) is 0 Å². The monoisotopic (exact) mass is 332 g/mol. The molecule has 2 aromatic carbocycles. The first-order chi connectivity index (χ1) is 9.05. The van der Waals surface area contributed by atoms with Crippen LogP contribution in [0.1, 0.15) is 5.56 Å². The summed E-state index contributed by atoms with van der Waals surface area (Å²) >= 11 is 0.446. The standard InChI is InChI=1S/C17H20SeSi/c1-19(2,3)17(14-15-10-6-4-7-11-15)18-16-12-8-5-9-13-16/h4-14H,1-3H3/b17-14-. The summed E-state index contributed by atoms with van der Waals surface area (Å²) in [5.74, 6) is 0. The predicted molar refractivity (Wildman–Crippen MR) is 89.6 cm³/mol. The first kappa shape index (κ1) is 14.3. The topological polar surface area (TPSA) is 0 Å². The van der Waals surface area contributed by atoms with E-state index < -0.39 is 8.07 Å². The molecule has 0 N–H and O–H groups in total. The fourth-order valence-corrected chi connectivity index (χ4v) is 6.72. The second kappa shape index (κ2) is 6.38. The van der Waals surface area contributed by atoms with Crippen LogP contribution in [0.15, 0.2) is 64.8 Å². The molecular formula is C17H20SeSi. The van der Waals surface area contributed by atoms with E-state index in [0.29, 0.717) is 15.0 Å². The van der Waals surface area contributed by atoms with Gasteiger partial charge >= 0.3 is 124 Å². The summed E-state index contributed by atoms with van der Waals surface area (Å²) in [5, 5.41) is 0. The maximum absolute atomic E-state index is 2.44. The zero-order chi connectivity index (χ0) is 13.7. The Morgan fingerprint density at radius 3 is 1.89 bits per heavy atom. The fourth-order valence-electron chi connectivity index (χ4n) is 1.72. The van der Waals surface area contributed by atoms with Crippen molar-refractivity contribution in [3.63, 3.8) is 0 Å². The third-order valence-corrected chi connectivity index (χ3v) is 10.6. The van der Waals surface area contributed by atoms with Crippen molar-refractivity contribution in [3.8, 4) is 0 Å².